The quantitative estimate of drug-likeness (QED) is 0.623. The molecule has 12 heavy (non-hydrogen) atoms. The minimum absolute atomic E-state index is 0. The molecule has 1 N–H and O–H groups in total. The van der Waals surface area contributed by atoms with Gasteiger partial charge >= 0.3 is 32.7 Å². The minimum Gasteiger partial charge on any atom is -0.342 e. The van der Waals surface area contributed by atoms with Crippen LogP contribution in [-0.4, -0.2) is 16.5 Å². The van der Waals surface area contributed by atoms with Crippen molar-refractivity contribution in [3.05, 3.63) is 31.2 Å². The van der Waals surface area contributed by atoms with Crippen molar-refractivity contribution >= 4 is 0 Å². The first-order chi connectivity index (χ1) is 5.43. The molecule has 0 aliphatic carbocycles. The van der Waals surface area contributed by atoms with E-state index in [1.807, 2.05) is 12.4 Å². The summed E-state index contributed by atoms with van der Waals surface area (Å²) in [6.45, 7) is 5.49. The van der Waals surface area contributed by atoms with Gasteiger partial charge in [0.1, 0.15) is 6.33 Å². The van der Waals surface area contributed by atoms with Crippen molar-refractivity contribution in [2.45, 2.75) is 13.0 Å². The van der Waals surface area contributed by atoms with Gasteiger partial charge in [-0.3, -0.25) is 0 Å². The first kappa shape index (κ1) is 12.1. The van der Waals surface area contributed by atoms with Crippen molar-refractivity contribution in [2.75, 3.05) is 6.54 Å². The Kier molecular flexibility index (Phi) is 7.87. The summed E-state index contributed by atoms with van der Waals surface area (Å²) in [6, 6.07) is 0. The summed E-state index contributed by atoms with van der Waals surface area (Å²) in [5.74, 6) is 0. The largest absolute Gasteiger partial charge is 3.00 e. The fourth-order valence-electron chi connectivity index (χ4n) is 0.779. The third-order valence-electron chi connectivity index (χ3n) is 1.30. The maximum atomic E-state index is 3.90. The van der Waals surface area contributed by atoms with Crippen LogP contribution in [-0.2, 0) is 39.3 Å². The predicted octanol–water partition coefficient (Wildman–Crippen LogP) is 0.788. The van der Waals surface area contributed by atoms with E-state index in [2.05, 4.69) is 22.2 Å². The molecule has 0 saturated heterocycles. The molecule has 3 nitrogen and oxygen atoms in total. The topological polar surface area (TPSA) is 37.8 Å². The van der Waals surface area contributed by atoms with Gasteiger partial charge in [-0.1, -0.05) is 0 Å². The average molecular weight is 239 g/mol. The Morgan fingerprint density at radius 2 is 2.00 bits per heavy atom. The van der Waals surface area contributed by atoms with Crippen LogP contribution < -0.4 is 5.32 Å². The summed E-state index contributed by atoms with van der Waals surface area (Å²) in [5.41, 5.74) is 1.11. The van der Waals surface area contributed by atoms with Crippen molar-refractivity contribution in [2.24, 2.45) is 0 Å². The van der Waals surface area contributed by atoms with Crippen molar-refractivity contribution in [1.82, 2.24) is 15.3 Å². The minimum atomic E-state index is 0. The fourth-order valence-corrected chi connectivity index (χ4v) is 0.779. The molecule has 1 aromatic rings. The Labute approximate surface area is 98.3 Å². The number of aromatic nitrogens is 2. The van der Waals surface area contributed by atoms with E-state index in [1.54, 1.807) is 0 Å². The summed E-state index contributed by atoms with van der Waals surface area (Å²) in [6.07, 6.45) is 6.06. The van der Waals surface area contributed by atoms with Crippen LogP contribution in [0.3, 0.4) is 0 Å². The molecule has 0 fully saturated rings. The maximum absolute atomic E-state index is 3.90. The Morgan fingerprint density at radius 1 is 1.33 bits per heavy atom. The molecule has 1 aromatic heterocycles. The van der Waals surface area contributed by atoms with Crippen LogP contribution in [0, 0.1) is 6.92 Å². The third-order valence-corrected chi connectivity index (χ3v) is 1.30. The van der Waals surface area contributed by atoms with Crippen LogP contribution >= 0.6 is 0 Å². The van der Waals surface area contributed by atoms with E-state index in [-0.39, 0.29) is 32.7 Å². The molecular weight excluding hydrogens is 227 g/mol. The zero-order chi connectivity index (χ0) is 7.94. The van der Waals surface area contributed by atoms with E-state index in [1.165, 1.54) is 6.33 Å². The Bertz CT molecular complexity index is 191. The second kappa shape index (κ2) is 7.78. The zero-order valence-electron chi connectivity index (χ0n) is 7.03. The number of hydrogen-bond donors (Lipinski definition) is 1. The molecule has 0 aliphatic rings. The molecule has 60 valence electrons. The summed E-state index contributed by atoms with van der Waals surface area (Å²) in [5, 5.41) is 3.21. The van der Waals surface area contributed by atoms with Gasteiger partial charge < -0.3 is 12.2 Å². The fraction of sp³-hybridized carbons (Fsp3) is 0.375. The average Bonchev–Trinajstić information content (AvgIpc) is 2.07. The van der Waals surface area contributed by atoms with E-state index >= 15 is 0 Å². The van der Waals surface area contributed by atoms with Gasteiger partial charge in [-0.15, -0.1) is 0 Å². The van der Waals surface area contributed by atoms with Gasteiger partial charge in [-0.05, 0) is 6.54 Å². The summed E-state index contributed by atoms with van der Waals surface area (Å²) < 4.78 is 0. The van der Waals surface area contributed by atoms with Gasteiger partial charge in [0.15, 0.2) is 0 Å². The van der Waals surface area contributed by atoms with Crippen LogP contribution in [0.2, 0.25) is 0 Å². The molecule has 0 aliphatic heterocycles. The second-order valence-electron chi connectivity index (χ2n) is 2.28. The number of rotatable bonds is 4. The predicted molar refractivity (Wildman–Crippen MR) is 43.7 cm³/mol. The van der Waals surface area contributed by atoms with Gasteiger partial charge in [-0.25, -0.2) is 9.97 Å². The standard InChI is InChI=1S/C8H12N3.Y/c1-2-3-9-4-8-5-10-7-11-6-8;/h5-7,9H,1-4H2;/q-1;+3. The van der Waals surface area contributed by atoms with E-state index in [4.69, 9.17) is 0 Å². The SMILES string of the molecule is [CH2-]CCNCc1cncnc1.[Y+3]. The van der Waals surface area contributed by atoms with Crippen LogP contribution in [0.15, 0.2) is 18.7 Å². The Hall–Kier alpha value is 0.144. The normalized spacial score (nSPS) is 9.08. The molecule has 0 spiro atoms. The number of nitrogens with zero attached hydrogens (tertiary/aromatic N) is 2. The summed E-state index contributed by atoms with van der Waals surface area (Å²) in [7, 11) is 0. The van der Waals surface area contributed by atoms with E-state index in [0.29, 0.717) is 0 Å². The molecule has 1 heterocycles. The van der Waals surface area contributed by atoms with Crippen molar-refractivity contribution < 1.29 is 32.7 Å². The van der Waals surface area contributed by atoms with E-state index in [0.717, 1.165) is 25.1 Å². The molecule has 0 atom stereocenters. The van der Waals surface area contributed by atoms with Crippen LogP contribution in [0.1, 0.15) is 12.0 Å². The Morgan fingerprint density at radius 3 is 2.58 bits per heavy atom. The first-order valence-electron chi connectivity index (χ1n) is 3.67. The van der Waals surface area contributed by atoms with Gasteiger partial charge in [0, 0.05) is 24.5 Å². The molecule has 4 heteroatoms. The molecule has 0 amide bonds. The zero-order valence-corrected chi connectivity index (χ0v) is 9.87. The third kappa shape index (κ3) is 4.91. The molecule has 1 rings (SSSR count). The maximum Gasteiger partial charge on any atom is 3.00 e. The van der Waals surface area contributed by atoms with Crippen molar-refractivity contribution in [1.29, 1.82) is 0 Å². The molecule has 0 aromatic carbocycles. The van der Waals surface area contributed by atoms with Crippen LogP contribution in [0.25, 0.3) is 0 Å². The summed E-state index contributed by atoms with van der Waals surface area (Å²) in [4.78, 5) is 7.79. The first-order valence-corrected chi connectivity index (χ1v) is 3.67. The van der Waals surface area contributed by atoms with Crippen molar-refractivity contribution in [3.63, 3.8) is 0 Å². The van der Waals surface area contributed by atoms with E-state index in [9.17, 15) is 0 Å². The molecule has 0 bridgehead atoms. The number of hydrogen-bond acceptors (Lipinski definition) is 3. The monoisotopic (exact) mass is 239 g/mol. The molecule has 0 unspecified atom stereocenters. The smallest absolute Gasteiger partial charge is 0.342 e. The van der Waals surface area contributed by atoms with Crippen molar-refractivity contribution in [3.8, 4) is 0 Å². The number of nitrogens with one attached hydrogen (secondary N) is 1. The van der Waals surface area contributed by atoms with Crippen LogP contribution in [0.5, 0.6) is 0 Å². The summed E-state index contributed by atoms with van der Waals surface area (Å²) >= 11 is 0. The van der Waals surface area contributed by atoms with Gasteiger partial charge in [0.25, 0.3) is 0 Å². The molecule has 0 radical (unpaired) electrons. The van der Waals surface area contributed by atoms with Gasteiger partial charge in [0.2, 0.25) is 0 Å². The Balaban J connectivity index is 0.00000121. The molecular formula is C8H12N3Y+2. The van der Waals surface area contributed by atoms with Crippen LogP contribution in [0.4, 0.5) is 0 Å². The van der Waals surface area contributed by atoms with Gasteiger partial charge in [0.05, 0.1) is 0 Å². The van der Waals surface area contributed by atoms with Gasteiger partial charge in [-0.2, -0.15) is 6.42 Å². The molecule has 0 saturated carbocycles. The van der Waals surface area contributed by atoms with E-state index < -0.39 is 0 Å². The second-order valence-corrected chi connectivity index (χ2v) is 2.28.